The van der Waals surface area contributed by atoms with Crippen LogP contribution in [0.1, 0.15) is 67.9 Å². The molecule has 154 valence electrons. The highest BCUT2D eigenvalue weighted by atomic mass is 79.9. The molecule has 30 heavy (non-hydrogen) atoms. The molecule has 3 aliphatic rings. The summed E-state index contributed by atoms with van der Waals surface area (Å²) in [6.07, 6.45) is 9.99. The van der Waals surface area contributed by atoms with Crippen molar-refractivity contribution in [1.29, 1.82) is 0 Å². The van der Waals surface area contributed by atoms with Crippen molar-refractivity contribution in [2.75, 3.05) is 13.1 Å². The van der Waals surface area contributed by atoms with Gasteiger partial charge in [-0.1, -0.05) is 25.3 Å². The van der Waals surface area contributed by atoms with E-state index in [1.165, 1.54) is 12.0 Å². The quantitative estimate of drug-likeness (QED) is 0.572. The molecule has 1 saturated carbocycles. The van der Waals surface area contributed by atoms with E-state index in [9.17, 15) is 4.79 Å². The molecule has 0 amide bonds. The normalized spacial score (nSPS) is 20.4. The zero-order valence-corrected chi connectivity index (χ0v) is 18.5. The Hall–Kier alpha value is -2.05. The fraction of sp³-hybridized carbons (Fsp3) is 0.458. The number of rotatable bonds is 1. The average Bonchev–Trinajstić information content (AvgIpc) is 3.04. The Morgan fingerprint density at radius 1 is 1.13 bits per heavy atom. The number of hydrogen-bond donors (Lipinski definition) is 1. The zero-order chi connectivity index (χ0) is 20.3. The summed E-state index contributed by atoms with van der Waals surface area (Å²) in [6.45, 7) is 2.12. The number of benzene rings is 1. The van der Waals surface area contributed by atoms with E-state index in [4.69, 9.17) is 9.97 Å². The SMILES string of the molecule is O=c1nc2n(c3cccc(Br)c13)-c1cc(C3CCNCC3)cnc1C21CCCCC1. The lowest BCUT2D eigenvalue weighted by Crippen LogP contribution is -2.33. The van der Waals surface area contributed by atoms with Crippen molar-refractivity contribution in [3.05, 3.63) is 62.4 Å². The Bertz CT molecular complexity index is 1210. The van der Waals surface area contributed by atoms with Crippen LogP contribution in [0.2, 0.25) is 0 Å². The van der Waals surface area contributed by atoms with E-state index in [0.717, 1.165) is 78.8 Å². The summed E-state index contributed by atoms with van der Waals surface area (Å²) in [6, 6.07) is 8.33. The van der Waals surface area contributed by atoms with Crippen molar-refractivity contribution < 1.29 is 0 Å². The number of piperidine rings is 1. The summed E-state index contributed by atoms with van der Waals surface area (Å²) in [4.78, 5) is 22.9. The number of nitrogens with one attached hydrogen (secondary N) is 1. The number of pyridine rings is 1. The van der Waals surface area contributed by atoms with E-state index in [1.807, 2.05) is 12.1 Å². The zero-order valence-electron chi connectivity index (χ0n) is 17.0. The van der Waals surface area contributed by atoms with E-state index in [0.29, 0.717) is 11.3 Å². The van der Waals surface area contributed by atoms with Gasteiger partial charge in [-0.05, 0) is 84.4 Å². The molecular formula is C24H25BrN4O. The van der Waals surface area contributed by atoms with E-state index in [1.54, 1.807) is 0 Å². The molecule has 1 N–H and O–H groups in total. The summed E-state index contributed by atoms with van der Waals surface area (Å²) in [5.74, 6) is 1.45. The monoisotopic (exact) mass is 464 g/mol. The third-order valence-corrected chi connectivity index (χ3v) is 8.06. The summed E-state index contributed by atoms with van der Waals surface area (Å²) in [7, 11) is 0. The standard InChI is InChI=1S/C24H25BrN4O/c25-17-5-4-6-18-20(17)22(30)28-23-24(9-2-1-3-10-24)21-19(29(18)23)13-16(14-27-21)15-7-11-26-12-8-15/h4-6,13-15,26H,1-3,7-12H2. The van der Waals surface area contributed by atoms with Crippen molar-refractivity contribution in [3.8, 4) is 5.69 Å². The third kappa shape index (κ3) is 2.59. The van der Waals surface area contributed by atoms with Gasteiger partial charge in [-0.15, -0.1) is 0 Å². The minimum absolute atomic E-state index is 0.139. The largest absolute Gasteiger partial charge is 0.317 e. The fourth-order valence-corrected chi connectivity index (χ4v) is 6.43. The highest BCUT2D eigenvalue weighted by Crippen LogP contribution is 2.51. The van der Waals surface area contributed by atoms with Crippen LogP contribution in [-0.2, 0) is 5.41 Å². The predicted molar refractivity (Wildman–Crippen MR) is 122 cm³/mol. The van der Waals surface area contributed by atoms with Crippen LogP contribution in [-0.4, -0.2) is 27.6 Å². The van der Waals surface area contributed by atoms with Crippen LogP contribution in [0, 0.1) is 0 Å². The van der Waals surface area contributed by atoms with Crippen molar-refractivity contribution in [1.82, 2.24) is 19.9 Å². The molecule has 1 spiro atoms. The molecule has 0 bridgehead atoms. The molecule has 6 rings (SSSR count). The molecule has 1 saturated heterocycles. The van der Waals surface area contributed by atoms with Crippen LogP contribution in [0.3, 0.4) is 0 Å². The molecular weight excluding hydrogens is 440 g/mol. The molecule has 2 aliphatic heterocycles. The molecule has 1 aliphatic carbocycles. The number of halogens is 1. The molecule has 6 heteroatoms. The van der Waals surface area contributed by atoms with Crippen molar-refractivity contribution >= 4 is 26.8 Å². The highest BCUT2D eigenvalue weighted by Gasteiger charge is 2.48. The van der Waals surface area contributed by atoms with Crippen LogP contribution >= 0.6 is 15.9 Å². The molecule has 1 aromatic carbocycles. The molecule has 0 atom stereocenters. The molecule has 0 unspecified atom stereocenters. The number of nitrogens with zero attached hydrogens (tertiary/aromatic N) is 3. The lowest BCUT2D eigenvalue weighted by molar-refractivity contribution is 0.332. The molecule has 2 fully saturated rings. The Kier molecular flexibility index (Phi) is 4.36. The van der Waals surface area contributed by atoms with E-state index in [2.05, 4.69) is 44.1 Å². The number of fused-ring (bicyclic) bond motifs is 7. The molecule has 2 aromatic heterocycles. The first kappa shape index (κ1) is 18.7. The van der Waals surface area contributed by atoms with Gasteiger partial charge in [0.1, 0.15) is 5.82 Å². The Balaban J connectivity index is 1.65. The lowest BCUT2D eigenvalue weighted by atomic mass is 9.71. The van der Waals surface area contributed by atoms with Crippen LogP contribution in [0.4, 0.5) is 0 Å². The topological polar surface area (TPSA) is 59.8 Å². The summed E-state index contributed by atoms with van der Waals surface area (Å²) >= 11 is 3.58. The Labute approximate surface area is 184 Å². The van der Waals surface area contributed by atoms with E-state index < -0.39 is 0 Å². The minimum atomic E-state index is -0.226. The second kappa shape index (κ2) is 6.99. The molecule has 0 radical (unpaired) electrons. The lowest BCUT2D eigenvalue weighted by Gasteiger charge is -2.32. The van der Waals surface area contributed by atoms with Crippen LogP contribution in [0.15, 0.2) is 39.7 Å². The molecule has 3 aromatic rings. The predicted octanol–water partition coefficient (Wildman–Crippen LogP) is 4.57. The Morgan fingerprint density at radius 2 is 1.93 bits per heavy atom. The maximum Gasteiger partial charge on any atom is 0.281 e. The minimum Gasteiger partial charge on any atom is -0.317 e. The first-order chi connectivity index (χ1) is 14.7. The summed E-state index contributed by atoms with van der Waals surface area (Å²) < 4.78 is 3.06. The van der Waals surface area contributed by atoms with Gasteiger partial charge in [-0.3, -0.25) is 14.3 Å². The molecule has 5 nitrogen and oxygen atoms in total. The van der Waals surface area contributed by atoms with Crippen LogP contribution < -0.4 is 10.9 Å². The van der Waals surface area contributed by atoms with Gasteiger partial charge in [-0.25, -0.2) is 0 Å². The van der Waals surface area contributed by atoms with Gasteiger partial charge in [0.25, 0.3) is 5.56 Å². The summed E-state index contributed by atoms with van der Waals surface area (Å²) in [5.41, 5.74) is 4.15. The first-order valence-electron chi connectivity index (χ1n) is 11.1. The maximum absolute atomic E-state index is 13.1. The fourth-order valence-electron chi connectivity index (χ4n) is 5.90. The van der Waals surface area contributed by atoms with Gasteiger partial charge in [0, 0.05) is 10.7 Å². The molecule has 4 heterocycles. The van der Waals surface area contributed by atoms with Crippen LogP contribution in [0.25, 0.3) is 16.6 Å². The average molecular weight is 465 g/mol. The van der Waals surface area contributed by atoms with Crippen molar-refractivity contribution in [2.45, 2.75) is 56.3 Å². The van der Waals surface area contributed by atoms with Crippen LogP contribution in [0.5, 0.6) is 0 Å². The second-order valence-electron chi connectivity index (χ2n) is 9.01. The van der Waals surface area contributed by atoms with Gasteiger partial charge < -0.3 is 5.32 Å². The van der Waals surface area contributed by atoms with Gasteiger partial charge in [0.15, 0.2) is 0 Å². The van der Waals surface area contributed by atoms with Gasteiger partial charge >= 0.3 is 0 Å². The Morgan fingerprint density at radius 3 is 2.73 bits per heavy atom. The van der Waals surface area contributed by atoms with Crippen molar-refractivity contribution in [2.24, 2.45) is 0 Å². The number of aromatic nitrogens is 3. The van der Waals surface area contributed by atoms with E-state index >= 15 is 0 Å². The summed E-state index contributed by atoms with van der Waals surface area (Å²) in [5, 5.41) is 4.12. The second-order valence-corrected chi connectivity index (χ2v) is 9.87. The van der Waals surface area contributed by atoms with Gasteiger partial charge in [-0.2, -0.15) is 4.98 Å². The van der Waals surface area contributed by atoms with Gasteiger partial charge in [0.05, 0.1) is 27.7 Å². The van der Waals surface area contributed by atoms with E-state index in [-0.39, 0.29) is 11.0 Å². The van der Waals surface area contributed by atoms with Crippen molar-refractivity contribution in [3.63, 3.8) is 0 Å². The third-order valence-electron chi connectivity index (χ3n) is 7.39. The van der Waals surface area contributed by atoms with Gasteiger partial charge in [0.2, 0.25) is 0 Å². The first-order valence-corrected chi connectivity index (χ1v) is 11.9. The number of hydrogen-bond acceptors (Lipinski definition) is 4. The maximum atomic E-state index is 13.1. The smallest absolute Gasteiger partial charge is 0.281 e. The highest BCUT2D eigenvalue weighted by molar-refractivity contribution is 9.10.